The summed E-state index contributed by atoms with van der Waals surface area (Å²) < 4.78 is 0.650. The number of benzene rings is 1. The fourth-order valence-electron chi connectivity index (χ4n) is 1.27. The first-order chi connectivity index (χ1) is 6.66. The van der Waals surface area contributed by atoms with Gasteiger partial charge in [-0.05, 0) is 40.4 Å². The van der Waals surface area contributed by atoms with Crippen LogP contribution in [-0.2, 0) is 6.42 Å². The summed E-state index contributed by atoms with van der Waals surface area (Å²) in [5.74, 6) is -0.873. The van der Waals surface area contributed by atoms with Gasteiger partial charge in [0, 0.05) is 9.80 Å². The van der Waals surface area contributed by atoms with Crippen LogP contribution in [0.15, 0.2) is 22.7 Å². The van der Waals surface area contributed by atoms with E-state index in [1.165, 1.54) is 0 Å². The minimum atomic E-state index is -0.873. The molecule has 0 atom stereocenters. The molecule has 0 radical (unpaired) electrons. The van der Waals surface area contributed by atoms with E-state index < -0.39 is 5.97 Å². The monoisotopic (exact) mass is 320 g/mol. The van der Waals surface area contributed by atoms with Gasteiger partial charge in [0.1, 0.15) is 0 Å². The zero-order chi connectivity index (χ0) is 10.6. The van der Waals surface area contributed by atoms with Gasteiger partial charge in [-0.2, -0.15) is 0 Å². The highest BCUT2D eigenvalue weighted by molar-refractivity contribution is 9.10. The summed E-state index contributed by atoms with van der Waals surface area (Å²) >= 11 is 6.57. The minimum absolute atomic E-state index is 0.383. The number of rotatable bonds is 4. The molecule has 76 valence electrons. The van der Waals surface area contributed by atoms with Crippen molar-refractivity contribution in [3.8, 4) is 0 Å². The molecule has 1 aromatic rings. The van der Waals surface area contributed by atoms with Crippen LogP contribution in [0.2, 0.25) is 0 Å². The maximum absolute atomic E-state index is 11.0. The van der Waals surface area contributed by atoms with E-state index in [0.717, 1.165) is 23.7 Å². The molecular formula is C10H10Br2O2. The number of carboxylic acid groups (broad SMARTS) is 1. The Balaban J connectivity index is 3.02. The predicted octanol–water partition coefficient (Wildman–Crippen LogP) is 3.47. The molecule has 0 heterocycles. The van der Waals surface area contributed by atoms with E-state index in [0.29, 0.717) is 10.0 Å². The Kier molecular flexibility index (Phi) is 4.62. The number of carboxylic acids is 1. The maximum Gasteiger partial charge on any atom is 0.337 e. The van der Waals surface area contributed by atoms with E-state index >= 15 is 0 Å². The van der Waals surface area contributed by atoms with Crippen LogP contribution in [0.4, 0.5) is 0 Å². The number of alkyl halides is 1. The molecular weight excluding hydrogens is 312 g/mol. The molecule has 0 saturated heterocycles. The second-order valence-corrected chi connectivity index (χ2v) is 4.52. The summed E-state index contributed by atoms with van der Waals surface area (Å²) in [6.45, 7) is 0. The van der Waals surface area contributed by atoms with Crippen LogP contribution in [0.3, 0.4) is 0 Å². The number of hydrogen-bond donors (Lipinski definition) is 1. The average molecular weight is 322 g/mol. The Labute approximate surface area is 99.6 Å². The zero-order valence-corrected chi connectivity index (χ0v) is 10.6. The minimum Gasteiger partial charge on any atom is -0.478 e. The van der Waals surface area contributed by atoms with E-state index in [1.54, 1.807) is 6.07 Å². The van der Waals surface area contributed by atoms with Crippen molar-refractivity contribution >= 4 is 37.8 Å². The lowest BCUT2D eigenvalue weighted by Gasteiger charge is -2.06. The predicted molar refractivity (Wildman–Crippen MR) is 63.2 cm³/mol. The van der Waals surface area contributed by atoms with Gasteiger partial charge in [0.25, 0.3) is 0 Å². The molecule has 0 aliphatic rings. The third kappa shape index (κ3) is 2.82. The molecule has 0 fully saturated rings. The standard InChI is InChI=1S/C10H10Br2O2/c11-6-2-4-7-3-1-5-8(12)9(7)10(13)14/h1,3,5H,2,4,6H2,(H,13,14). The summed E-state index contributed by atoms with van der Waals surface area (Å²) in [5, 5.41) is 9.89. The Morgan fingerprint density at radius 1 is 1.43 bits per heavy atom. The van der Waals surface area contributed by atoms with Crippen molar-refractivity contribution in [2.24, 2.45) is 0 Å². The van der Waals surface area contributed by atoms with Crippen LogP contribution in [-0.4, -0.2) is 16.4 Å². The van der Waals surface area contributed by atoms with Crippen LogP contribution in [0.25, 0.3) is 0 Å². The summed E-state index contributed by atoms with van der Waals surface area (Å²) in [5.41, 5.74) is 1.26. The highest BCUT2D eigenvalue weighted by atomic mass is 79.9. The van der Waals surface area contributed by atoms with E-state index in [1.807, 2.05) is 12.1 Å². The molecule has 1 rings (SSSR count). The van der Waals surface area contributed by atoms with Crippen molar-refractivity contribution < 1.29 is 9.90 Å². The third-order valence-corrected chi connectivity index (χ3v) is 3.12. The Morgan fingerprint density at radius 2 is 2.14 bits per heavy atom. The van der Waals surface area contributed by atoms with E-state index in [9.17, 15) is 4.79 Å². The number of aryl methyl sites for hydroxylation is 1. The topological polar surface area (TPSA) is 37.3 Å². The molecule has 0 spiro atoms. The number of carbonyl (C=O) groups is 1. The van der Waals surface area contributed by atoms with Crippen molar-refractivity contribution in [1.29, 1.82) is 0 Å². The van der Waals surface area contributed by atoms with Crippen LogP contribution < -0.4 is 0 Å². The van der Waals surface area contributed by atoms with Crippen molar-refractivity contribution in [3.05, 3.63) is 33.8 Å². The van der Waals surface area contributed by atoms with Crippen LogP contribution >= 0.6 is 31.9 Å². The lowest BCUT2D eigenvalue weighted by atomic mass is 10.0. The van der Waals surface area contributed by atoms with Crippen molar-refractivity contribution in [2.75, 3.05) is 5.33 Å². The van der Waals surface area contributed by atoms with Gasteiger partial charge in [0.2, 0.25) is 0 Å². The molecule has 0 bridgehead atoms. The molecule has 0 aliphatic carbocycles. The lowest BCUT2D eigenvalue weighted by Crippen LogP contribution is -2.03. The summed E-state index contributed by atoms with van der Waals surface area (Å²) in [4.78, 5) is 11.0. The highest BCUT2D eigenvalue weighted by Gasteiger charge is 2.12. The summed E-state index contributed by atoms with van der Waals surface area (Å²) in [6, 6.07) is 5.47. The van der Waals surface area contributed by atoms with Crippen LogP contribution in [0.1, 0.15) is 22.3 Å². The Morgan fingerprint density at radius 3 is 2.71 bits per heavy atom. The van der Waals surface area contributed by atoms with Gasteiger partial charge >= 0.3 is 5.97 Å². The Bertz CT molecular complexity index is 337. The second-order valence-electron chi connectivity index (χ2n) is 2.87. The van der Waals surface area contributed by atoms with Crippen LogP contribution in [0.5, 0.6) is 0 Å². The van der Waals surface area contributed by atoms with Gasteiger partial charge in [-0.25, -0.2) is 4.79 Å². The smallest absolute Gasteiger partial charge is 0.337 e. The largest absolute Gasteiger partial charge is 0.478 e. The Hall–Kier alpha value is -0.350. The van der Waals surface area contributed by atoms with E-state index in [-0.39, 0.29) is 0 Å². The average Bonchev–Trinajstić information content (AvgIpc) is 2.14. The second kappa shape index (κ2) is 5.51. The molecule has 2 nitrogen and oxygen atoms in total. The van der Waals surface area contributed by atoms with Gasteiger partial charge < -0.3 is 5.11 Å². The first kappa shape index (κ1) is 11.7. The molecule has 0 aliphatic heterocycles. The van der Waals surface area contributed by atoms with Crippen molar-refractivity contribution in [2.45, 2.75) is 12.8 Å². The summed E-state index contributed by atoms with van der Waals surface area (Å²) in [6.07, 6.45) is 1.73. The molecule has 0 amide bonds. The van der Waals surface area contributed by atoms with Gasteiger partial charge in [0.05, 0.1) is 5.56 Å². The quantitative estimate of drug-likeness (QED) is 0.862. The van der Waals surface area contributed by atoms with E-state index in [4.69, 9.17) is 5.11 Å². The molecule has 0 saturated carbocycles. The maximum atomic E-state index is 11.0. The van der Waals surface area contributed by atoms with Crippen molar-refractivity contribution in [1.82, 2.24) is 0 Å². The normalized spacial score (nSPS) is 10.1. The van der Waals surface area contributed by atoms with Gasteiger partial charge in [-0.15, -0.1) is 0 Å². The zero-order valence-electron chi connectivity index (χ0n) is 7.46. The van der Waals surface area contributed by atoms with Crippen LogP contribution in [0, 0.1) is 0 Å². The van der Waals surface area contributed by atoms with Gasteiger partial charge in [0.15, 0.2) is 0 Å². The molecule has 1 N–H and O–H groups in total. The van der Waals surface area contributed by atoms with Gasteiger partial charge in [-0.3, -0.25) is 0 Å². The number of hydrogen-bond acceptors (Lipinski definition) is 1. The SMILES string of the molecule is O=C(O)c1c(Br)cccc1CCCBr. The molecule has 14 heavy (non-hydrogen) atoms. The van der Waals surface area contributed by atoms with E-state index in [2.05, 4.69) is 31.9 Å². The fourth-order valence-corrected chi connectivity index (χ4v) is 2.13. The molecule has 4 heteroatoms. The first-order valence-electron chi connectivity index (χ1n) is 4.23. The number of aromatic carboxylic acids is 1. The third-order valence-electron chi connectivity index (χ3n) is 1.89. The fraction of sp³-hybridized carbons (Fsp3) is 0.300. The lowest BCUT2D eigenvalue weighted by molar-refractivity contribution is 0.0694. The van der Waals surface area contributed by atoms with Gasteiger partial charge in [-0.1, -0.05) is 28.1 Å². The molecule has 0 unspecified atom stereocenters. The summed E-state index contributed by atoms with van der Waals surface area (Å²) in [7, 11) is 0. The number of halogens is 2. The molecule has 0 aromatic heterocycles. The van der Waals surface area contributed by atoms with Crippen molar-refractivity contribution in [3.63, 3.8) is 0 Å². The molecule has 1 aromatic carbocycles. The highest BCUT2D eigenvalue weighted by Crippen LogP contribution is 2.21. The first-order valence-corrected chi connectivity index (χ1v) is 6.15.